The number of aromatic nitrogens is 1. The maximum Gasteiger partial charge on any atom is 0.416 e. The molecule has 0 fully saturated rings. The molecule has 2 aromatic carbocycles. The van der Waals surface area contributed by atoms with Gasteiger partial charge in [-0.05, 0) is 29.8 Å². The molecule has 1 aromatic heterocycles. The fraction of sp³-hybridized carbons (Fsp3) is 0.158. The van der Waals surface area contributed by atoms with Gasteiger partial charge in [0.1, 0.15) is 5.69 Å². The summed E-state index contributed by atoms with van der Waals surface area (Å²) in [4.78, 5) is 16.7. The maximum absolute atomic E-state index is 12.9. The molecule has 3 rings (SSSR count). The lowest BCUT2D eigenvalue weighted by atomic mass is 10.0. The van der Waals surface area contributed by atoms with E-state index in [0.717, 1.165) is 12.1 Å². The summed E-state index contributed by atoms with van der Waals surface area (Å²) in [6.07, 6.45) is -4.52. The highest BCUT2D eigenvalue weighted by Crippen LogP contribution is 2.31. The summed E-state index contributed by atoms with van der Waals surface area (Å²) >= 11 is 6.17. The predicted molar refractivity (Wildman–Crippen MR) is 95.5 cm³/mol. The van der Waals surface area contributed by atoms with Crippen LogP contribution in [0.25, 0.3) is 10.9 Å². The average Bonchev–Trinajstić information content (AvgIpc) is 2.65. The van der Waals surface area contributed by atoms with Gasteiger partial charge in [-0.25, -0.2) is 4.98 Å². The van der Waals surface area contributed by atoms with E-state index in [9.17, 15) is 23.1 Å². The van der Waals surface area contributed by atoms with E-state index in [4.69, 9.17) is 11.6 Å². The van der Waals surface area contributed by atoms with Gasteiger partial charge in [-0.2, -0.15) is 13.2 Å². The van der Waals surface area contributed by atoms with Crippen LogP contribution in [-0.4, -0.2) is 22.6 Å². The van der Waals surface area contributed by atoms with E-state index >= 15 is 0 Å². The molecule has 0 spiro atoms. The van der Waals surface area contributed by atoms with Crippen LogP contribution in [0.4, 0.5) is 13.2 Å². The van der Waals surface area contributed by atoms with Gasteiger partial charge in [0.25, 0.3) is 5.91 Å². The molecule has 2 N–H and O–H groups in total. The van der Waals surface area contributed by atoms with E-state index in [1.165, 1.54) is 18.2 Å². The van der Waals surface area contributed by atoms with E-state index in [-0.39, 0.29) is 11.3 Å². The number of nitrogens with one attached hydrogen (secondary N) is 1. The number of carbonyl (C=O) groups excluding carboxylic acids is 1. The molecule has 140 valence electrons. The van der Waals surface area contributed by atoms with Crippen molar-refractivity contribution in [2.45, 2.75) is 12.2 Å². The second kappa shape index (κ2) is 7.54. The first-order valence-electron chi connectivity index (χ1n) is 7.94. The lowest BCUT2D eigenvalue weighted by Crippen LogP contribution is -2.31. The second-order valence-electron chi connectivity index (χ2n) is 5.84. The number of carbonyl (C=O) groups is 1. The molecule has 0 aliphatic heterocycles. The molecule has 0 aliphatic rings. The Bertz CT molecular complexity index is 992. The van der Waals surface area contributed by atoms with E-state index in [1.54, 1.807) is 24.3 Å². The quantitative estimate of drug-likeness (QED) is 0.690. The first kappa shape index (κ1) is 19.1. The van der Waals surface area contributed by atoms with Crippen LogP contribution >= 0.6 is 11.6 Å². The third-order valence-electron chi connectivity index (χ3n) is 4.00. The lowest BCUT2D eigenvalue weighted by molar-refractivity contribution is -0.137. The summed E-state index contributed by atoms with van der Waals surface area (Å²) in [5.41, 5.74) is -0.217. The molecule has 4 nitrogen and oxygen atoms in total. The largest absolute Gasteiger partial charge is 0.416 e. The van der Waals surface area contributed by atoms with E-state index in [0.29, 0.717) is 15.9 Å². The van der Waals surface area contributed by atoms with Crippen LogP contribution in [0.15, 0.2) is 54.6 Å². The number of nitrogens with zero attached hydrogens (tertiary/aromatic N) is 1. The molecule has 0 bridgehead atoms. The Morgan fingerprint density at radius 1 is 1.15 bits per heavy atom. The van der Waals surface area contributed by atoms with Crippen LogP contribution < -0.4 is 5.32 Å². The summed E-state index contributed by atoms with van der Waals surface area (Å²) in [6, 6.07) is 11.8. The van der Waals surface area contributed by atoms with Crippen molar-refractivity contribution in [3.63, 3.8) is 0 Å². The van der Waals surface area contributed by atoms with Gasteiger partial charge in [-0.15, -0.1) is 0 Å². The van der Waals surface area contributed by atoms with Gasteiger partial charge in [0, 0.05) is 5.39 Å². The molecule has 3 aromatic rings. The monoisotopic (exact) mass is 394 g/mol. The number of amides is 1. The molecule has 0 radical (unpaired) electrons. The van der Waals surface area contributed by atoms with E-state index in [1.807, 2.05) is 0 Å². The van der Waals surface area contributed by atoms with Crippen LogP contribution in [0.2, 0.25) is 5.02 Å². The van der Waals surface area contributed by atoms with Crippen LogP contribution in [0, 0.1) is 0 Å². The summed E-state index contributed by atoms with van der Waals surface area (Å²) < 4.78 is 38.6. The van der Waals surface area contributed by atoms with Crippen molar-refractivity contribution in [2.75, 3.05) is 6.61 Å². The van der Waals surface area contributed by atoms with Gasteiger partial charge in [-0.3, -0.25) is 4.79 Å². The minimum atomic E-state index is -4.52. The molecule has 0 saturated heterocycles. The van der Waals surface area contributed by atoms with Gasteiger partial charge in [0.2, 0.25) is 0 Å². The average molecular weight is 395 g/mol. The summed E-state index contributed by atoms with van der Waals surface area (Å²) in [5.74, 6) is -0.654. The number of aliphatic hydroxyl groups is 1. The number of aliphatic hydroxyl groups excluding tert-OH is 1. The minimum absolute atomic E-state index is 0.00382. The number of benzene rings is 2. The number of pyridine rings is 1. The first-order chi connectivity index (χ1) is 12.8. The summed E-state index contributed by atoms with van der Waals surface area (Å²) in [5, 5.41) is 13.0. The smallest absolute Gasteiger partial charge is 0.394 e. The van der Waals surface area contributed by atoms with Gasteiger partial charge in [0.15, 0.2) is 0 Å². The molecule has 27 heavy (non-hydrogen) atoms. The van der Waals surface area contributed by atoms with Crippen molar-refractivity contribution in [2.24, 2.45) is 0 Å². The number of hydrogen-bond donors (Lipinski definition) is 2. The molecule has 1 atom stereocenters. The first-order valence-corrected chi connectivity index (χ1v) is 8.31. The van der Waals surface area contributed by atoms with E-state index < -0.39 is 30.3 Å². The molecule has 8 heteroatoms. The van der Waals surface area contributed by atoms with Crippen molar-refractivity contribution in [1.82, 2.24) is 10.3 Å². The normalized spacial score (nSPS) is 12.8. The fourth-order valence-electron chi connectivity index (χ4n) is 2.65. The SMILES string of the molecule is O=C(NC(CO)c1cccc(C(F)(F)F)c1)c1cc(Cl)c2ccccc2n1. The topological polar surface area (TPSA) is 62.2 Å². The van der Waals surface area contributed by atoms with Crippen molar-refractivity contribution in [3.05, 3.63) is 76.4 Å². The highest BCUT2D eigenvalue weighted by atomic mass is 35.5. The van der Waals surface area contributed by atoms with Crippen LogP contribution in [0.3, 0.4) is 0 Å². The Kier molecular flexibility index (Phi) is 5.34. The zero-order chi connectivity index (χ0) is 19.6. The number of halogens is 4. The van der Waals surface area contributed by atoms with Gasteiger partial charge in [-0.1, -0.05) is 41.9 Å². The molecule has 0 saturated carbocycles. The molecule has 1 unspecified atom stereocenters. The van der Waals surface area contributed by atoms with Crippen LogP contribution in [-0.2, 0) is 6.18 Å². The number of alkyl halides is 3. The predicted octanol–water partition coefficient (Wildman–Crippen LogP) is 4.37. The summed E-state index contributed by atoms with van der Waals surface area (Å²) in [6.45, 7) is -0.575. The zero-order valence-corrected chi connectivity index (χ0v) is 14.6. The van der Waals surface area contributed by atoms with Gasteiger partial charge < -0.3 is 10.4 Å². The highest BCUT2D eigenvalue weighted by Gasteiger charge is 2.31. The standard InChI is InChI=1S/C19H14ClF3N2O2/c20-14-9-16(24-15-7-2-1-6-13(14)15)18(27)25-17(10-26)11-4-3-5-12(8-11)19(21,22)23/h1-9,17,26H,10H2,(H,25,27). The van der Waals surface area contributed by atoms with Gasteiger partial charge >= 0.3 is 6.18 Å². The number of hydrogen-bond acceptors (Lipinski definition) is 3. The number of fused-ring (bicyclic) bond motifs is 1. The molecule has 1 heterocycles. The number of rotatable bonds is 4. The highest BCUT2D eigenvalue weighted by molar-refractivity contribution is 6.35. The lowest BCUT2D eigenvalue weighted by Gasteiger charge is -2.18. The van der Waals surface area contributed by atoms with E-state index in [2.05, 4.69) is 10.3 Å². The van der Waals surface area contributed by atoms with Crippen molar-refractivity contribution in [1.29, 1.82) is 0 Å². The maximum atomic E-state index is 12.9. The molecular weight excluding hydrogens is 381 g/mol. The van der Waals surface area contributed by atoms with Crippen LogP contribution in [0.1, 0.15) is 27.7 Å². The Morgan fingerprint density at radius 3 is 2.59 bits per heavy atom. The van der Waals surface area contributed by atoms with Crippen molar-refractivity contribution in [3.8, 4) is 0 Å². The molecule has 1 amide bonds. The summed E-state index contributed by atoms with van der Waals surface area (Å²) in [7, 11) is 0. The van der Waals surface area contributed by atoms with Crippen molar-refractivity contribution >= 4 is 28.4 Å². The Balaban J connectivity index is 1.88. The third kappa shape index (κ3) is 4.20. The Morgan fingerprint density at radius 2 is 1.89 bits per heavy atom. The minimum Gasteiger partial charge on any atom is -0.394 e. The molecular formula is C19H14ClF3N2O2. The Hall–Kier alpha value is -2.64. The Labute approximate surface area is 157 Å². The zero-order valence-electron chi connectivity index (χ0n) is 13.8. The second-order valence-corrected chi connectivity index (χ2v) is 6.25. The number of para-hydroxylation sites is 1. The molecule has 0 aliphatic carbocycles. The van der Waals surface area contributed by atoms with Crippen LogP contribution in [0.5, 0.6) is 0 Å². The fourth-order valence-corrected chi connectivity index (χ4v) is 2.91. The van der Waals surface area contributed by atoms with Gasteiger partial charge in [0.05, 0.1) is 28.8 Å². The third-order valence-corrected chi connectivity index (χ3v) is 4.32. The van der Waals surface area contributed by atoms with Crippen molar-refractivity contribution < 1.29 is 23.1 Å².